The van der Waals surface area contributed by atoms with Crippen LogP contribution in [0.1, 0.15) is 25.2 Å². The Morgan fingerprint density at radius 1 is 1.33 bits per heavy atom. The van der Waals surface area contributed by atoms with Gasteiger partial charge in [-0.25, -0.2) is 8.78 Å². The van der Waals surface area contributed by atoms with Crippen LogP contribution in [0.2, 0.25) is 0 Å². The molecule has 1 N–H and O–H groups in total. The highest BCUT2D eigenvalue weighted by Gasteiger charge is 2.14. The van der Waals surface area contributed by atoms with E-state index in [2.05, 4.69) is 0 Å². The van der Waals surface area contributed by atoms with Gasteiger partial charge in [-0.15, -0.1) is 0 Å². The van der Waals surface area contributed by atoms with Crippen LogP contribution in [0.5, 0.6) is 0 Å². The molecular formula is C11H10F2O2. The third-order valence-corrected chi connectivity index (χ3v) is 2.29. The normalized spacial score (nSPS) is 13.3. The Kier molecular flexibility index (Phi) is 2.44. The van der Waals surface area contributed by atoms with Crippen molar-refractivity contribution < 1.29 is 18.3 Å². The van der Waals surface area contributed by atoms with Crippen LogP contribution >= 0.6 is 0 Å². The van der Waals surface area contributed by atoms with Crippen LogP contribution in [0.15, 0.2) is 22.6 Å². The second-order valence-corrected chi connectivity index (χ2v) is 3.37. The van der Waals surface area contributed by atoms with Crippen molar-refractivity contribution in [2.45, 2.75) is 19.4 Å². The summed E-state index contributed by atoms with van der Waals surface area (Å²) in [6.07, 6.45) is -0.316. The van der Waals surface area contributed by atoms with E-state index in [0.29, 0.717) is 6.42 Å². The number of hydrogen-bond donors (Lipinski definition) is 1. The van der Waals surface area contributed by atoms with Crippen molar-refractivity contribution in [2.75, 3.05) is 0 Å². The van der Waals surface area contributed by atoms with E-state index in [4.69, 9.17) is 4.42 Å². The molecule has 0 aliphatic rings. The van der Waals surface area contributed by atoms with Crippen LogP contribution in [0.4, 0.5) is 8.78 Å². The van der Waals surface area contributed by atoms with Gasteiger partial charge < -0.3 is 9.52 Å². The summed E-state index contributed by atoms with van der Waals surface area (Å²) in [4.78, 5) is 0. The predicted molar refractivity (Wildman–Crippen MR) is 51.4 cm³/mol. The minimum atomic E-state index is -0.778. The summed E-state index contributed by atoms with van der Waals surface area (Å²) in [5.41, 5.74) is 0.120. The fraction of sp³-hybridized carbons (Fsp3) is 0.273. The molecule has 1 unspecified atom stereocenters. The van der Waals surface area contributed by atoms with Crippen LogP contribution in [0, 0.1) is 11.6 Å². The molecule has 0 bridgehead atoms. The van der Waals surface area contributed by atoms with Crippen molar-refractivity contribution >= 4 is 11.0 Å². The fourth-order valence-corrected chi connectivity index (χ4v) is 1.45. The monoisotopic (exact) mass is 212 g/mol. The van der Waals surface area contributed by atoms with Crippen molar-refractivity contribution in [3.63, 3.8) is 0 Å². The first kappa shape index (κ1) is 10.1. The van der Waals surface area contributed by atoms with E-state index in [0.717, 1.165) is 12.1 Å². The first-order valence-electron chi connectivity index (χ1n) is 4.68. The highest BCUT2D eigenvalue weighted by atomic mass is 19.1. The molecule has 2 rings (SSSR count). The van der Waals surface area contributed by atoms with Crippen LogP contribution in [-0.4, -0.2) is 5.11 Å². The zero-order valence-electron chi connectivity index (χ0n) is 8.13. The molecule has 1 aromatic heterocycles. The van der Waals surface area contributed by atoms with E-state index >= 15 is 0 Å². The number of aliphatic hydroxyl groups excluding tert-OH is 1. The van der Waals surface area contributed by atoms with Gasteiger partial charge in [-0.05, 0) is 12.5 Å². The molecule has 0 amide bonds. The van der Waals surface area contributed by atoms with E-state index < -0.39 is 17.7 Å². The zero-order valence-corrected chi connectivity index (χ0v) is 8.13. The van der Waals surface area contributed by atoms with Crippen molar-refractivity contribution in [2.24, 2.45) is 0 Å². The van der Waals surface area contributed by atoms with Gasteiger partial charge in [-0.2, -0.15) is 0 Å². The lowest BCUT2D eigenvalue weighted by Gasteiger charge is -2.00. The van der Waals surface area contributed by atoms with E-state index in [1.54, 1.807) is 6.92 Å². The van der Waals surface area contributed by atoms with Crippen LogP contribution in [0.3, 0.4) is 0 Å². The standard InChI is InChI=1S/C11H10F2O2/c1-2-9(14)11-5-7-8(13)3-6(12)4-10(7)15-11/h3-5,9,14H,2H2,1H3. The Morgan fingerprint density at radius 2 is 2.07 bits per heavy atom. The average molecular weight is 212 g/mol. The second-order valence-electron chi connectivity index (χ2n) is 3.37. The lowest BCUT2D eigenvalue weighted by atomic mass is 10.2. The van der Waals surface area contributed by atoms with Gasteiger partial charge in [0.05, 0.1) is 5.39 Å². The first-order chi connectivity index (χ1) is 7.11. The lowest BCUT2D eigenvalue weighted by molar-refractivity contribution is 0.148. The van der Waals surface area contributed by atoms with Gasteiger partial charge in [0, 0.05) is 12.1 Å². The van der Waals surface area contributed by atoms with Gasteiger partial charge in [-0.1, -0.05) is 6.92 Å². The maximum atomic E-state index is 13.2. The number of halogens is 2. The Bertz CT molecular complexity index is 491. The molecule has 0 saturated heterocycles. The molecule has 80 valence electrons. The predicted octanol–water partition coefficient (Wildman–Crippen LogP) is 3.15. The largest absolute Gasteiger partial charge is 0.458 e. The van der Waals surface area contributed by atoms with Gasteiger partial charge in [0.25, 0.3) is 0 Å². The molecule has 1 aromatic carbocycles. The molecular weight excluding hydrogens is 202 g/mol. The SMILES string of the molecule is CCC(O)c1cc2c(F)cc(F)cc2o1. The molecule has 2 aromatic rings. The number of hydrogen-bond acceptors (Lipinski definition) is 2. The zero-order chi connectivity index (χ0) is 11.0. The number of fused-ring (bicyclic) bond motifs is 1. The number of furan rings is 1. The van der Waals surface area contributed by atoms with E-state index in [1.807, 2.05) is 0 Å². The molecule has 1 heterocycles. The summed E-state index contributed by atoms with van der Waals surface area (Å²) < 4.78 is 31.2. The molecule has 0 fully saturated rings. The maximum absolute atomic E-state index is 13.2. The van der Waals surface area contributed by atoms with Crippen molar-refractivity contribution in [3.8, 4) is 0 Å². The van der Waals surface area contributed by atoms with Gasteiger partial charge in [0.15, 0.2) is 0 Å². The fourth-order valence-electron chi connectivity index (χ4n) is 1.45. The van der Waals surface area contributed by atoms with E-state index in [-0.39, 0.29) is 16.7 Å². The third kappa shape index (κ3) is 1.72. The summed E-state index contributed by atoms with van der Waals surface area (Å²) in [5.74, 6) is -1.10. The van der Waals surface area contributed by atoms with Gasteiger partial charge in [0.2, 0.25) is 0 Å². The van der Waals surface area contributed by atoms with Crippen LogP contribution < -0.4 is 0 Å². The average Bonchev–Trinajstić information content (AvgIpc) is 2.60. The molecule has 2 nitrogen and oxygen atoms in total. The minimum absolute atomic E-state index is 0.120. The number of aliphatic hydroxyl groups is 1. The molecule has 15 heavy (non-hydrogen) atoms. The molecule has 0 aliphatic heterocycles. The highest BCUT2D eigenvalue weighted by Crippen LogP contribution is 2.27. The molecule has 1 atom stereocenters. The Labute approximate surface area is 85.1 Å². The smallest absolute Gasteiger partial charge is 0.140 e. The Hall–Kier alpha value is -1.42. The molecule has 0 radical (unpaired) electrons. The minimum Gasteiger partial charge on any atom is -0.458 e. The number of benzene rings is 1. The first-order valence-corrected chi connectivity index (χ1v) is 4.68. The van der Waals surface area contributed by atoms with E-state index in [1.165, 1.54) is 6.07 Å². The summed E-state index contributed by atoms with van der Waals surface area (Å²) in [6, 6.07) is 3.29. The third-order valence-electron chi connectivity index (χ3n) is 2.29. The Balaban J connectivity index is 2.60. The van der Waals surface area contributed by atoms with Gasteiger partial charge >= 0.3 is 0 Å². The quantitative estimate of drug-likeness (QED) is 0.829. The van der Waals surface area contributed by atoms with Crippen molar-refractivity contribution in [1.82, 2.24) is 0 Å². The second kappa shape index (κ2) is 3.62. The molecule has 4 heteroatoms. The van der Waals surface area contributed by atoms with Gasteiger partial charge in [-0.3, -0.25) is 0 Å². The summed E-state index contributed by atoms with van der Waals surface area (Å²) in [6.45, 7) is 1.77. The lowest BCUT2D eigenvalue weighted by Crippen LogP contribution is -1.91. The highest BCUT2D eigenvalue weighted by molar-refractivity contribution is 5.78. The molecule has 0 aliphatic carbocycles. The van der Waals surface area contributed by atoms with Crippen molar-refractivity contribution in [1.29, 1.82) is 0 Å². The summed E-state index contributed by atoms with van der Waals surface area (Å²) >= 11 is 0. The molecule has 0 spiro atoms. The van der Waals surface area contributed by atoms with Gasteiger partial charge in [0.1, 0.15) is 29.1 Å². The van der Waals surface area contributed by atoms with Crippen LogP contribution in [-0.2, 0) is 0 Å². The van der Waals surface area contributed by atoms with Crippen LogP contribution in [0.25, 0.3) is 11.0 Å². The molecule has 0 saturated carbocycles. The topological polar surface area (TPSA) is 33.4 Å². The number of rotatable bonds is 2. The summed E-state index contributed by atoms with van der Waals surface area (Å²) in [5, 5.41) is 9.67. The summed E-state index contributed by atoms with van der Waals surface area (Å²) in [7, 11) is 0. The van der Waals surface area contributed by atoms with E-state index in [9.17, 15) is 13.9 Å². The maximum Gasteiger partial charge on any atom is 0.140 e. The Morgan fingerprint density at radius 3 is 2.73 bits per heavy atom. The van der Waals surface area contributed by atoms with Crippen molar-refractivity contribution in [3.05, 3.63) is 35.6 Å².